The number of rotatable bonds is 7. The second-order valence-corrected chi connectivity index (χ2v) is 7.15. The van der Waals surface area contributed by atoms with Crippen molar-refractivity contribution in [3.8, 4) is 17.2 Å². The maximum Gasteiger partial charge on any atom is 0.118 e. The molecule has 0 aromatic heterocycles. The van der Waals surface area contributed by atoms with Crippen LogP contribution in [-0.4, -0.2) is 21.3 Å². The largest absolute Gasteiger partial charge is 0.497 e. The Labute approximate surface area is 167 Å². The van der Waals surface area contributed by atoms with Crippen molar-refractivity contribution in [2.45, 2.75) is 19.3 Å². The SMILES string of the molecule is COc1ccc(C(c2ccc(OC)cc2)(c2ccc(OC)cc2)C(C)C)cc1. The number of hydrogen-bond acceptors (Lipinski definition) is 3. The maximum atomic E-state index is 5.38. The summed E-state index contributed by atoms with van der Waals surface area (Å²) >= 11 is 0. The Kier molecular flexibility index (Phi) is 5.93. The molecule has 0 saturated carbocycles. The first kappa shape index (κ1) is 19.8. The topological polar surface area (TPSA) is 27.7 Å². The van der Waals surface area contributed by atoms with E-state index >= 15 is 0 Å². The summed E-state index contributed by atoms with van der Waals surface area (Å²) in [6.07, 6.45) is 0. The van der Waals surface area contributed by atoms with Crippen molar-refractivity contribution >= 4 is 0 Å². The van der Waals surface area contributed by atoms with Gasteiger partial charge < -0.3 is 14.2 Å². The van der Waals surface area contributed by atoms with Gasteiger partial charge in [0, 0.05) is 5.41 Å². The average molecular weight is 376 g/mol. The molecule has 0 aliphatic heterocycles. The van der Waals surface area contributed by atoms with E-state index in [1.165, 1.54) is 16.7 Å². The third-order valence-electron chi connectivity index (χ3n) is 5.50. The van der Waals surface area contributed by atoms with Crippen molar-refractivity contribution in [2.75, 3.05) is 21.3 Å². The van der Waals surface area contributed by atoms with E-state index in [0.29, 0.717) is 5.92 Å². The first-order valence-electron chi connectivity index (χ1n) is 9.49. The first-order chi connectivity index (χ1) is 13.6. The van der Waals surface area contributed by atoms with Gasteiger partial charge in [0.15, 0.2) is 0 Å². The fourth-order valence-electron chi connectivity index (χ4n) is 4.06. The van der Waals surface area contributed by atoms with E-state index in [1.54, 1.807) is 21.3 Å². The predicted octanol–water partition coefficient (Wildman–Crippen LogP) is 5.70. The Morgan fingerprint density at radius 2 is 0.750 bits per heavy atom. The smallest absolute Gasteiger partial charge is 0.118 e. The Morgan fingerprint density at radius 1 is 0.500 bits per heavy atom. The van der Waals surface area contributed by atoms with Gasteiger partial charge in [0.1, 0.15) is 17.2 Å². The molecule has 3 aromatic carbocycles. The summed E-state index contributed by atoms with van der Waals surface area (Å²) in [4.78, 5) is 0. The molecule has 0 bridgehead atoms. The number of ether oxygens (including phenoxy) is 3. The van der Waals surface area contributed by atoms with Gasteiger partial charge in [0.2, 0.25) is 0 Å². The van der Waals surface area contributed by atoms with Gasteiger partial charge in [-0.1, -0.05) is 50.2 Å². The van der Waals surface area contributed by atoms with Crippen LogP contribution in [0.2, 0.25) is 0 Å². The molecular formula is C25H28O3. The van der Waals surface area contributed by atoms with Crippen LogP contribution in [0.15, 0.2) is 72.8 Å². The van der Waals surface area contributed by atoms with E-state index < -0.39 is 0 Å². The zero-order valence-corrected chi connectivity index (χ0v) is 17.2. The molecule has 0 spiro atoms. The Balaban J connectivity index is 2.27. The molecule has 28 heavy (non-hydrogen) atoms. The second-order valence-electron chi connectivity index (χ2n) is 7.15. The van der Waals surface area contributed by atoms with Crippen molar-refractivity contribution < 1.29 is 14.2 Å². The maximum absolute atomic E-state index is 5.38. The van der Waals surface area contributed by atoms with E-state index in [9.17, 15) is 0 Å². The summed E-state index contributed by atoms with van der Waals surface area (Å²) in [7, 11) is 5.08. The molecule has 0 radical (unpaired) electrons. The molecule has 0 saturated heterocycles. The zero-order valence-electron chi connectivity index (χ0n) is 17.2. The summed E-state index contributed by atoms with van der Waals surface area (Å²) in [5.74, 6) is 2.87. The van der Waals surface area contributed by atoms with Crippen LogP contribution < -0.4 is 14.2 Å². The Bertz CT molecular complexity index is 763. The lowest BCUT2D eigenvalue weighted by atomic mass is 9.63. The molecule has 3 heteroatoms. The molecule has 0 amide bonds. The van der Waals surface area contributed by atoms with Crippen molar-refractivity contribution in [2.24, 2.45) is 5.92 Å². The van der Waals surface area contributed by atoms with Gasteiger partial charge >= 0.3 is 0 Å². The highest BCUT2D eigenvalue weighted by Crippen LogP contribution is 2.46. The third-order valence-corrected chi connectivity index (χ3v) is 5.50. The van der Waals surface area contributed by atoms with Gasteiger partial charge in [0.05, 0.1) is 21.3 Å². The van der Waals surface area contributed by atoms with Crippen LogP contribution in [0, 0.1) is 5.92 Å². The van der Waals surface area contributed by atoms with E-state index in [2.05, 4.69) is 50.2 Å². The molecule has 3 rings (SSSR count). The quantitative estimate of drug-likeness (QED) is 0.495. The summed E-state index contributed by atoms with van der Waals surface area (Å²) in [5, 5.41) is 0. The summed E-state index contributed by atoms with van der Waals surface area (Å²) < 4.78 is 16.1. The van der Waals surface area contributed by atoms with Crippen LogP contribution in [0.3, 0.4) is 0 Å². The number of benzene rings is 3. The molecule has 0 heterocycles. The van der Waals surface area contributed by atoms with Gasteiger partial charge in [0.25, 0.3) is 0 Å². The highest BCUT2D eigenvalue weighted by molar-refractivity contribution is 5.53. The minimum absolute atomic E-state index is 0.308. The van der Waals surface area contributed by atoms with Gasteiger partial charge in [-0.05, 0) is 59.0 Å². The van der Waals surface area contributed by atoms with Crippen LogP contribution in [0.5, 0.6) is 17.2 Å². The lowest BCUT2D eigenvalue weighted by molar-refractivity contribution is 0.407. The first-order valence-corrected chi connectivity index (χ1v) is 9.49. The molecule has 0 N–H and O–H groups in total. The fourth-order valence-corrected chi connectivity index (χ4v) is 4.06. The lowest BCUT2D eigenvalue weighted by Gasteiger charge is -2.40. The molecule has 0 atom stereocenters. The normalized spacial score (nSPS) is 11.4. The predicted molar refractivity (Wildman–Crippen MR) is 114 cm³/mol. The minimum atomic E-state index is -0.315. The molecule has 0 aliphatic rings. The van der Waals surface area contributed by atoms with Crippen LogP contribution in [0.4, 0.5) is 0 Å². The van der Waals surface area contributed by atoms with Crippen molar-refractivity contribution in [1.29, 1.82) is 0 Å². The van der Waals surface area contributed by atoms with Crippen molar-refractivity contribution in [3.63, 3.8) is 0 Å². The van der Waals surface area contributed by atoms with Crippen molar-refractivity contribution in [1.82, 2.24) is 0 Å². The van der Waals surface area contributed by atoms with Crippen LogP contribution in [-0.2, 0) is 5.41 Å². The zero-order chi connectivity index (χ0) is 20.1. The highest BCUT2D eigenvalue weighted by Gasteiger charge is 2.39. The fraction of sp³-hybridized carbons (Fsp3) is 0.280. The van der Waals surface area contributed by atoms with Crippen LogP contribution >= 0.6 is 0 Å². The Hall–Kier alpha value is -2.94. The highest BCUT2D eigenvalue weighted by atomic mass is 16.5. The van der Waals surface area contributed by atoms with Gasteiger partial charge in [-0.3, -0.25) is 0 Å². The molecule has 146 valence electrons. The van der Waals surface area contributed by atoms with E-state index in [1.807, 2.05) is 36.4 Å². The molecule has 3 nitrogen and oxygen atoms in total. The third kappa shape index (κ3) is 3.45. The van der Waals surface area contributed by atoms with Gasteiger partial charge in [-0.15, -0.1) is 0 Å². The number of hydrogen-bond donors (Lipinski definition) is 0. The minimum Gasteiger partial charge on any atom is -0.497 e. The van der Waals surface area contributed by atoms with E-state index in [4.69, 9.17) is 14.2 Å². The second kappa shape index (κ2) is 8.39. The molecule has 0 unspecified atom stereocenters. The summed E-state index contributed by atoms with van der Waals surface area (Å²) in [5.41, 5.74) is 3.35. The van der Waals surface area contributed by atoms with E-state index in [-0.39, 0.29) is 5.41 Å². The lowest BCUT2D eigenvalue weighted by Crippen LogP contribution is -2.35. The van der Waals surface area contributed by atoms with Crippen molar-refractivity contribution in [3.05, 3.63) is 89.5 Å². The molecular weight excluding hydrogens is 348 g/mol. The van der Waals surface area contributed by atoms with Gasteiger partial charge in [-0.2, -0.15) is 0 Å². The standard InChI is InChI=1S/C25H28O3/c1-18(2)25(19-6-12-22(26-3)13-7-19,20-8-14-23(27-4)15-9-20)21-10-16-24(28-5)17-11-21/h6-18H,1-5H3. The monoisotopic (exact) mass is 376 g/mol. The molecule has 3 aromatic rings. The molecule has 0 aliphatic carbocycles. The number of methoxy groups -OCH3 is 3. The Morgan fingerprint density at radius 3 is 0.929 bits per heavy atom. The van der Waals surface area contributed by atoms with Crippen LogP contribution in [0.1, 0.15) is 30.5 Å². The molecule has 0 fully saturated rings. The summed E-state index contributed by atoms with van der Waals surface area (Å²) in [6.45, 7) is 4.53. The van der Waals surface area contributed by atoms with Gasteiger partial charge in [-0.25, -0.2) is 0 Å². The van der Waals surface area contributed by atoms with Crippen LogP contribution in [0.25, 0.3) is 0 Å². The summed E-state index contributed by atoms with van der Waals surface area (Å²) in [6, 6.07) is 25.1. The van der Waals surface area contributed by atoms with E-state index in [0.717, 1.165) is 17.2 Å². The average Bonchev–Trinajstić information content (AvgIpc) is 2.75.